The van der Waals surface area contributed by atoms with Gasteiger partial charge >= 0.3 is 5.97 Å². The number of carbonyl (C=O) groups is 2. The molecule has 0 aliphatic rings. The normalized spacial score (nSPS) is 11.5. The van der Waals surface area contributed by atoms with E-state index >= 15 is 0 Å². The number of nitriles is 1. The van der Waals surface area contributed by atoms with Gasteiger partial charge in [-0.25, -0.2) is 9.78 Å². The van der Waals surface area contributed by atoms with E-state index in [-0.39, 0.29) is 5.91 Å². The third kappa shape index (κ3) is 4.23. The first-order valence-corrected chi connectivity index (χ1v) is 9.56. The van der Waals surface area contributed by atoms with Crippen molar-refractivity contribution in [2.75, 3.05) is 12.4 Å². The van der Waals surface area contributed by atoms with Crippen molar-refractivity contribution in [3.63, 3.8) is 0 Å². The largest absolute Gasteiger partial charge is 0.465 e. The molecule has 0 radical (unpaired) electrons. The second-order valence-electron chi connectivity index (χ2n) is 5.74. The van der Waals surface area contributed by atoms with Gasteiger partial charge in [-0.05, 0) is 50.3 Å². The third-order valence-electron chi connectivity index (χ3n) is 3.67. The molecule has 0 bridgehead atoms. The van der Waals surface area contributed by atoms with E-state index in [1.807, 2.05) is 26.8 Å². The van der Waals surface area contributed by atoms with E-state index in [4.69, 9.17) is 4.74 Å². The van der Waals surface area contributed by atoms with Crippen LogP contribution in [0.15, 0.2) is 16.5 Å². The molecule has 2 heterocycles. The van der Waals surface area contributed by atoms with Gasteiger partial charge in [-0.15, -0.1) is 11.3 Å². The molecule has 1 amide bonds. The van der Waals surface area contributed by atoms with Gasteiger partial charge in [0.15, 0.2) is 0 Å². The number of nitrogens with one attached hydrogen (secondary N) is 1. The van der Waals surface area contributed by atoms with Gasteiger partial charge in [0.2, 0.25) is 5.91 Å². The van der Waals surface area contributed by atoms with Crippen molar-refractivity contribution in [2.24, 2.45) is 0 Å². The molecule has 136 valence electrons. The summed E-state index contributed by atoms with van der Waals surface area (Å²) in [6.45, 7) is 7.25. The maximum Gasteiger partial charge on any atom is 0.350 e. The number of amides is 1. The topological polar surface area (TPSA) is 92.1 Å². The molecule has 0 spiro atoms. The molecular formula is C18H19N3O3S2. The van der Waals surface area contributed by atoms with Crippen LogP contribution in [0, 0.1) is 32.1 Å². The summed E-state index contributed by atoms with van der Waals surface area (Å²) in [5, 5.41) is 14.0. The smallest absolute Gasteiger partial charge is 0.350 e. The minimum Gasteiger partial charge on any atom is -0.465 e. The average molecular weight is 390 g/mol. The Hall–Kier alpha value is -2.37. The van der Waals surface area contributed by atoms with Crippen molar-refractivity contribution in [3.05, 3.63) is 38.7 Å². The fraction of sp³-hybridized carbons (Fsp3) is 0.333. The minimum absolute atomic E-state index is 0.272. The van der Waals surface area contributed by atoms with Crippen LogP contribution < -0.4 is 5.32 Å². The van der Waals surface area contributed by atoms with Crippen molar-refractivity contribution < 1.29 is 14.3 Å². The van der Waals surface area contributed by atoms with Crippen LogP contribution in [-0.4, -0.2) is 29.2 Å². The fourth-order valence-electron chi connectivity index (χ4n) is 2.31. The Kier molecular flexibility index (Phi) is 6.40. The zero-order valence-corrected chi connectivity index (χ0v) is 16.8. The maximum atomic E-state index is 12.6. The molecule has 2 rings (SSSR count). The Morgan fingerprint density at radius 2 is 2.04 bits per heavy atom. The molecular weight excluding hydrogens is 370 g/mol. The molecule has 0 aromatic carbocycles. The summed E-state index contributed by atoms with van der Waals surface area (Å²) in [7, 11) is 1.30. The zero-order chi connectivity index (χ0) is 19.4. The van der Waals surface area contributed by atoms with Crippen LogP contribution in [0.5, 0.6) is 0 Å². The summed E-state index contributed by atoms with van der Waals surface area (Å²) in [5.41, 5.74) is 3.36. The highest BCUT2D eigenvalue weighted by Gasteiger charge is 2.23. The molecule has 0 aliphatic carbocycles. The Bertz CT molecular complexity index is 900. The van der Waals surface area contributed by atoms with E-state index < -0.39 is 11.2 Å². The summed E-state index contributed by atoms with van der Waals surface area (Å²) in [5.74, 6) is -0.757. The molecule has 0 fully saturated rings. The lowest BCUT2D eigenvalue weighted by Crippen LogP contribution is -2.24. The monoisotopic (exact) mass is 389 g/mol. The van der Waals surface area contributed by atoms with Gasteiger partial charge in [-0.2, -0.15) is 5.26 Å². The van der Waals surface area contributed by atoms with E-state index in [9.17, 15) is 14.9 Å². The van der Waals surface area contributed by atoms with Crippen molar-refractivity contribution >= 4 is 40.7 Å². The second kappa shape index (κ2) is 8.34. The summed E-state index contributed by atoms with van der Waals surface area (Å²) in [6.07, 6.45) is 0. The van der Waals surface area contributed by atoms with E-state index in [1.165, 1.54) is 30.2 Å². The van der Waals surface area contributed by atoms with E-state index in [0.29, 0.717) is 21.2 Å². The van der Waals surface area contributed by atoms with Gasteiger partial charge in [0.05, 0.1) is 23.6 Å². The highest BCUT2D eigenvalue weighted by atomic mass is 32.2. The van der Waals surface area contributed by atoms with E-state index in [0.717, 1.165) is 16.8 Å². The zero-order valence-electron chi connectivity index (χ0n) is 15.2. The first-order valence-electron chi connectivity index (χ1n) is 7.80. The van der Waals surface area contributed by atoms with Crippen LogP contribution in [-0.2, 0) is 9.53 Å². The van der Waals surface area contributed by atoms with Gasteiger partial charge in [0.25, 0.3) is 0 Å². The summed E-state index contributed by atoms with van der Waals surface area (Å²) < 4.78 is 4.75. The number of methoxy groups -OCH3 is 1. The van der Waals surface area contributed by atoms with Crippen molar-refractivity contribution in [1.82, 2.24) is 4.98 Å². The number of thiophene rings is 1. The van der Waals surface area contributed by atoms with Gasteiger partial charge in [-0.1, -0.05) is 11.8 Å². The molecule has 0 saturated heterocycles. The number of esters is 1. The molecule has 0 aliphatic heterocycles. The van der Waals surface area contributed by atoms with Gasteiger partial charge in [0.1, 0.15) is 16.0 Å². The molecule has 2 aromatic heterocycles. The second-order valence-corrected chi connectivity index (χ2v) is 7.95. The van der Waals surface area contributed by atoms with Gasteiger partial charge < -0.3 is 10.1 Å². The van der Waals surface area contributed by atoms with Crippen molar-refractivity contribution in [3.8, 4) is 6.07 Å². The number of anilines is 1. The van der Waals surface area contributed by atoms with Crippen LogP contribution in [0.2, 0.25) is 0 Å². The van der Waals surface area contributed by atoms with Crippen LogP contribution >= 0.6 is 23.1 Å². The number of pyridine rings is 1. The van der Waals surface area contributed by atoms with Crippen LogP contribution in [0.3, 0.4) is 0 Å². The highest BCUT2D eigenvalue weighted by Crippen LogP contribution is 2.31. The Labute approximate surface area is 160 Å². The van der Waals surface area contributed by atoms with Crippen LogP contribution in [0.1, 0.15) is 39.0 Å². The third-order valence-corrected chi connectivity index (χ3v) is 5.84. The number of carbonyl (C=O) groups excluding carboxylic acids is 2. The van der Waals surface area contributed by atoms with Crippen LogP contribution in [0.4, 0.5) is 5.69 Å². The summed E-state index contributed by atoms with van der Waals surface area (Å²) in [4.78, 5) is 29.2. The molecule has 6 nitrogen and oxygen atoms in total. The SMILES string of the molecule is COC(=O)c1scc(C)c1NC(=O)[C@@H](C)Sc1nc(C)cc(C)c1C#N. The number of ether oxygens (including phenoxy) is 1. The fourth-order valence-corrected chi connectivity index (χ4v) is 4.26. The van der Waals surface area contributed by atoms with Gasteiger partial charge in [-0.3, -0.25) is 4.79 Å². The number of thioether (sulfide) groups is 1. The highest BCUT2D eigenvalue weighted by molar-refractivity contribution is 8.00. The molecule has 26 heavy (non-hydrogen) atoms. The standard InChI is InChI=1S/C18H19N3O3S2/c1-9-6-11(3)20-17(13(9)7-19)26-12(4)16(22)21-14-10(2)8-25-15(14)18(23)24-5/h6,8,12H,1-5H3,(H,21,22)/t12-/m1/s1. The Balaban J connectivity index is 2.21. The van der Waals surface area contributed by atoms with Crippen molar-refractivity contribution in [2.45, 2.75) is 38.0 Å². The lowest BCUT2D eigenvalue weighted by Gasteiger charge is -2.14. The Morgan fingerprint density at radius 3 is 2.65 bits per heavy atom. The number of aryl methyl sites for hydroxylation is 3. The summed E-state index contributed by atoms with van der Waals surface area (Å²) >= 11 is 2.45. The minimum atomic E-state index is -0.499. The number of rotatable bonds is 5. The summed E-state index contributed by atoms with van der Waals surface area (Å²) in [6, 6.07) is 3.99. The number of hydrogen-bond donors (Lipinski definition) is 1. The first kappa shape index (κ1) is 19.9. The van der Waals surface area contributed by atoms with Gasteiger partial charge in [0, 0.05) is 5.69 Å². The lowest BCUT2D eigenvalue weighted by molar-refractivity contribution is -0.115. The van der Waals surface area contributed by atoms with Crippen LogP contribution in [0.25, 0.3) is 0 Å². The van der Waals surface area contributed by atoms with E-state index in [2.05, 4.69) is 16.4 Å². The molecule has 2 aromatic rings. The van der Waals surface area contributed by atoms with E-state index in [1.54, 1.807) is 12.3 Å². The Morgan fingerprint density at radius 1 is 1.35 bits per heavy atom. The predicted molar refractivity (Wildman–Crippen MR) is 103 cm³/mol. The number of nitrogens with zero attached hydrogens (tertiary/aromatic N) is 2. The quantitative estimate of drug-likeness (QED) is 0.617. The number of aromatic nitrogens is 1. The number of hydrogen-bond acceptors (Lipinski definition) is 7. The average Bonchev–Trinajstić information content (AvgIpc) is 2.94. The maximum absolute atomic E-state index is 12.6. The van der Waals surface area contributed by atoms with Crippen molar-refractivity contribution in [1.29, 1.82) is 5.26 Å². The molecule has 1 N–H and O–H groups in total. The molecule has 1 atom stereocenters. The molecule has 8 heteroatoms. The molecule has 0 unspecified atom stereocenters. The first-order chi connectivity index (χ1) is 12.3. The lowest BCUT2D eigenvalue weighted by atomic mass is 10.1. The molecule has 0 saturated carbocycles. The predicted octanol–water partition coefficient (Wildman–Crippen LogP) is 3.85.